The number of hydrogen-bond acceptors (Lipinski definition) is 2. The van der Waals surface area contributed by atoms with Crippen LogP contribution >= 0.6 is 0 Å². The summed E-state index contributed by atoms with van der Waals surface area (Å²) in [7, 11) is 0. The van der Waals surface area contributed by atoms with E-state index in [-0.39, 0.29) is 17.6 Å². The molecule has 2 heteroatoms. The molecule has 5 aliphatic rings. The second kappa shape index (κ2) is 5.10. The van der Waals surface area contributed by atoms with Gasteiger partial charge in [0.25, 0.3) is 0 Å². The molecule has 136 valence electrons. The molecule has 0 heterocycles. The number of hydrogen-bond donors (Lipinski definition) is 2. The average Bonchev–Trinajstić information content (AvgIpc) is 3.44. The molecule has 2 spiro atoms. The predicted octanol–water partition coefficient (Wildman–Crippen LogP) is 4.68. The molecule has 0 amide bonds. The van der Waals surface area contributed by atoms with Crippen LogP contribution in [-0.2, 0) is 0 Å². The highest BCUT2D eigenvalue weighted by molar-refractivity contribution is 5.41. The van der Waals surface area contributed by atoms with Gasteiger partial charge in [0.15, 0.2) is 0 Å². The maximum absolute atomic E-state index is 10.4. The van der Waals surface area contributed by atoms with Crippen LogP contribution in [0, 0.1) is 22.2 Å². The maximum Gasteiger partial charge on any atom is 0.0792 e. The Morgan fingerprint density at radius 2 is 1.84 bits per heavy atom. The van der Waals surface area contributed by atoms with Crippen molar-refractivity contribution in [2.45, 2.75) is 83.3 Å². The smallest absolute Gasteiger partial charge is 0.0792 e. The largest absolute Gasteiger partial charge is 0.393 e. The summed E-state index contributed by atoms with van der Waals surface area (Å²) in [6, 6.07) is 0. The monoisotopic (exact) mass is 340 g/mol. The molecule has 2 N–H and O–H groups in total. The summed E-state index contributed by atoms with van der Waals surface area (Å²) in [5.41, 5.74) is 4.75. The number of aliphatic hydroxyl groups excluding tert-OH is 2. The molecule has 0 saturated heterocycles. The Morgan fingerprint density at radius 1 is 1.08 bits per heavy atom. The van der Waals surface area contributed by atoms with Gasteiger partial charge in [-0.15, -0.1) is 0 Å². The highest BCUT2D eigenvalue weighted by Crippen LogP contribution is 2.73. The number of fused-ring (bicyclic) bond motifs is 2. The van der Waals surface area contributed by atoms with Gasteiger partial charge in [0.05, 0.1) is 12.2 Å². The summed E-state index contributed by atoms with van der Waals surface area (Å²) in [5, 5.41) is 20.7. The first-order chi connectivity index (χ1) is 11.9. The second-order valence-electron chi connectivity index (χ2n) is 10.1. The van der Waals surface area contributed by atoms with Crippen LogP contribution in [0.25, 0.3) is 0 Å². The fourth-order valence-electron chi connectivity index (χ4n) is 6.84. The summed E-state index contributed by atoms with van der Waals surface area (Å²) >= 11 is 0. The van der Waals surface area contributed by atoms with Gasteiger partial charge >= 0.3 is 0 Å². The molecule has 2 nitrogen and oxygen atoms in total. The van der Waals surface area contributed by atoms with Crippen LogP contribution in [0.3, 0.4) is 0 Å². The third-order valence-electron chi connectivity index (χ3n) is 8.89. The van der Waals surface area contributed by atoms with E-state index in [1.54, 1.807) is 5.57 Å². The highest BCUT2D eigenvalue weighted by Gasteiger charge is 2.69. The SMILES string of the molecule is C=C1/C(=C\C=C2/CCC[C@@]3(C)C2CCC32CC2O)CC2(CC2)C[C@@H]1O. The van der Waals surface area contributed by atoms with Gasteiger partial charge in [0, 0.05) is 5.41 Å². The van der Waals surface area contributed by atoms with Crippen molar-refractivity contribution < 1.29 is 10.2 Å². The zero-order valence-electron chi connectivity index (χ0n) is 15.6. The van der Waals surface area contributed by atoms with Crippen molar-refractivity contribution in [1.29, 1.82) is 0 Å². The molecule has 3 unspecified atom stereocenters. The van der Waals surface area contributed by atoms with E-state index < -0.39 is 0 Å². The molecule has 5 fully saturated rings. The standard InChI is InChI=1S/C23H32O2/c1-15-17(12-22(10-11-22)13-19(15)24)6-5-16-4-3-8-21(2)18(16)7-9-23(21)14-20(23)25/h5-6,18-20,24-25H,1,3-4,7-14H2,2H3/b16-5+,17-6-/t18?,19-,20?,21-,23?/m0/s1. The fraction of sp³-hybridized carbons (Fsp3) is 0.739. The van der Waals surface area contributed by atoms with E-state index in [9.17, 15) is 10.2 Å². The molecular formula is C23H32O2. The van der Waals surface area contributed by atoms with Crippen molar-refractivity contribution in [3.63, 3.8) is 0 Å². The van der Waals surface area contributed by atoms with Crippen molar-refractivity contribution >= 4 is 0 Å². The van der Waals surface area contributed by atoms with Crippen molar-refractivity contribution in [1.82, 2.24) is 0 Å². The number of aliphatic hydroxyl groups is 2. The highest BCUT2D eigenvalue weighted by atomic mass is 16.3. The van der Waals surface area contributed by atoms with Crippen LogP contribution in [0.4, 0.5) is 0 Å². The summed E-state index contributed by atoms with van der Waals surface area (Å²) in [5.74, 6) is 0.645. The third-order valence-corrected chi connectivity index (χ3v) is 8.89. The first kappa shape index (κ1) is 16.3. The van der Waals surface area contributed by atoms with Crippen molar-refractivity contribution in [3.8, 4) is 0 Å². The van der Waals surface area contributed by atoms with Crippen molar-refractivity contribution in [3.05, 3.63) is 35.5 Å². The molecule has 0 aromatic heterocycles. The zero-order chi connectivity index (χ0) is 17.4. The first-order valence-electron chi connectivity index (χ1n) is 10.3. The Kier molecular flexibility index (Phi) is 3.33. The van der Waals surface area contributed by atoms with Gasteiger partial charge in [0.1, 0.15) is 0 Å². The van der Waals surface area contributed by atoms with Crippen LogP contribution in [0.1, 0.15) is 71.1 Å². The van der Waals surface area contributed by atoms with E-state index in [1.165, 1.54) is 50.5 Å². The summed E-state index contributed by atoms with van der Waals surface area (Å²) in [6.07, 6.45) is 16.1. The minimum Gasteiger partial charge on any atom is -0.393 e. The van der Waals surface area contributed by atoms with Gasteiger partial charge < -0.3 is 10.2 Å². The van der Waals surface area contributed by atoms with Gasteiger partial charge in [-0.25, -0.2) is 0 Å². The molecule has 0 radical (unpaired) electrons. The molecule has 5 rings (SSSR count). The normalized spacial score (nSPS) is 50.7. The van der Waals surface area contributed by atoms with Gasteiger partial charge in [-0.2, -0.15) is 0 Å². The fourth-order valence-corrected chi connectivity index (χ4v) is 6.84. The van der Waals surface area contributed by atoms with Gasteiger partial charge in [-0.05, 0) is 92.1 Å². The topological polar surface area (TPSA) is 40.5 Å². The van der Waals surface area contributed by atoms with Crippen LogP contribution in [0.5, 0.6) is 0 Å². The van der Waals surface area contributed by atoms with E-state index in [1.807, 2.05) is 0 Å². The molecule has 0 aromatic rings. The number of allylic oxidation sites excluding steroid dienone is 3. The Bertz CT molecular complexity index is 682. The van der Waals surface area contributed by atoms with E-state index in [0.29, 0.717) is 16.7 Å². The molecule has 5 saturated carbocycles. The lowest BCUT2D eigenvalue weighted by Crippen LogP contribution is -2.36. The minimum absolute atomic E-state index is 0.0526. The Balaban J connectivity index is 1.42. The summed E-state index contributed by atoms with van der Waals surface area (Å²) < 4.78 is 0. The van der Waals surface area contributed by atoms with Crippen molar-refractivity contribution in [2.24, 2.45) is 22.2 Å². The van der Waals surface area contributed by atoms with E-state index >= 15 is 0 Å². The molecule has 0 aromatic carbocycles. The molecule has 5 aliphatic carbocycles. The van der Waals surface area contributed by atoms with E-state index in [2.05, 4.69) is 25.7 Å². The van der Waals surface area contributed by atoms with Crippen LogP contribution in [0.15, 0.2) is 35.5 Å². The number of rotatable bonds is 1. The first-order valence-corrected chi connectivity index (χ1v) is 10.3. The van der Waals surface area contributed by atoms with E-state index in [0.717, 1.165) is 24.8 Å². The molecule has 25 heavy (non-hydrogen) atoms. The zero-order valence-corrected chi connectivity index (χ0v) is 15.6. The summed E-state index contributed by atoms with van der Waals surface area (Å²) in [6.45, 7) is 6.62. The quantitative estimate of drug-likeness (QED) is 0.727. The lowest BCUT2D eigenvalue weighted by Gasteiger charge is -2.43. The van der Waals surface area contributed by atoms with Crippen LogP contribution in [0.2, 0.25) is 0 Å². The molecule has 5 atom stereocenters. The predicted molar refractivity (Wildman–Crippen MR) is 100.0 cm³/mol. The van der Waals surface area contributed by atoms with E-state index in [4.69, 9.17) is 0 Å². The lowest BCUT2D eigenvalue weighted by molar-refractivity contribution is 0.0758. The van der Waals surface area contributed by atoms with Crippen molar-refractivity contribution in [2.75, 3.05) is 0 Å². The average molecular weight is 341 g/mol. The Morgan fingerprint density at radius 3 is 2.52 bits per heavy atom. The second-order valence-corrected chi connectivity index (χ2v) is 10.1. The van der Waals surface area contributed by atoms with Crippen LogP contribution in [-0.4, -0.2) is 22.4 Å². The maximum atomic E-state index is 10.4. The van der Waals surface area contributed by atoms with Crippen LogP contribution < -0.4 is 0 Å². The molecule has 0 aliphatic heterocycles. The third kappa shape index (κ3) is 2.23. The lowest BCUT2D eigenvalue weighted by atomic mass is 9.62. The minimum atomic E-state index is -0.339. The molecule has 0 bridgehead atoms. The Labute approximate surface area is 151 Å². The molecular weight excluding hydrogens is 308 g/mol. The summed E-state index contributed by atoms with van der Waals surface area (Å²) in [4.78, 5) is 0. The van der Waals surface area contributed by atoms with Gasteiger partial charge in [-0.1, -0.05) is 31.2 Å². The Hall–Kier alpha value is -0.860. The van der Waals surface area contributed by atoms with Gasteiger partial charge in [-0.3, -0.25) is 0 Å². The van der Waals surface area contributed by atoms with Gasteiger partial charge in [0.2, 0.25) is 0 Å².